The van der Waals surface area contributed by atoms with Gasteiger partial charge in [-0.1, -0.05) is 55.3 Å². The molecule has 0 aromatic heterocycles. The van der Waals surface area contributed by atoms with E-state index in [0.717, 1.165) is 0 Å². The number of benzene rings is 1. The van der Waals surface area contributed by atoms with Crippen molar-refractivity contribution in [3.63, 3.8) is 0 Å². The Morgan fingerprint density at radius 2 is 1.88 bits per heavy atom. The molecule has 0 fully saturated rings. The van der Waals surface area contributed by atoms with Crippen molar-refractivity contribution >= 4 is 0 Å². The van der Waals surface area contributed by atoms with Gasteiger partial charge in [-0.15, -0.1) is 0 Å². The van der Waals surface area contributed by atoms with Crippen molar-refractivity contribution in [1.82, 2.24) is 0 Å². The second kappa shape index (κ2) is 5.89. The Balaban J connectivity index is 2.18. The zero-order valence-corrected chi connectivity index (χ0v) is 10.3. The van der Waals surface area contributed by atoms with Crippen molar-refractivity contribution in [2.45, 2.75) is 51.4 Å². The molecule has 2 rings (SSSR count). The van der Waals surface area contributed by atoms with Gasteiger partial charge >= 0.3 is 0 Å². The van der Waals surface area contributed by atoms with E-state index in [1.54, 1.807) is 5.57 Å². The minimum Gasteiger partial charge on any atom is -0.0847 e. The summed E-state index contributed by atoms with van der Waals surface area (Å²) in [6.45, 7) is 2.31. The largest absolute Gasteiger partial charge is 0.0847 e. The van der Waals surface area contributed by atoms with E-state index in [2.05, 4.69) is 43.3 Å². The van der Waals surface area contributed by atoms with Gasteiger partial charge in [-0.3, -0.25) is 0 Å². The summed E-state index contributed by atoms with van der Waals surface area (Å²) in [6, 6.07) is 11.0. The summed E-state index contributed by atoms with van der Waals surface area (Å²) in [4.78, 5) is 0. The Kier molecular flexibility index (Phi) is 4.21. The molecule has 0 saturated carbocycles. The molecule has 16 heavy (non-hydrogen) atoms. The molecule has 0 spiro atoms. The lowest BCUT2D eigenvalue weighted by atomic mass is 9.86. The van der Waals surface area contributed by atoms with Crippen LogP contribution in [0.25, 0.3) is 0 Å². The molecule has 0 N–H and O–H groups in total. The Hall–Kier alpha value is -1.04. The number of hydrogen-bond donors (Lipinski definition) is 0. The molecule has 0 saturated heterocycles. The summed E-state index contributed by atoms with van der Waals surface area (Å²) in [7, 11) is 0. The van der Waals surface area contributed by atoms with Gasteiger partial charge in [-0.25, -0.2) is 0 Å². The molecule has 0 aliphatic heterocycles. The monoisotopic (exact) mass is 214 g/mol. The number of rotatable bonds is 3. The topological polar surface area (TPSA) is 0 Å². The summed E-state index contributed by atoms with van der Waals surface area (Å²) >= 11 is 0. The first-order chi connectivity index (χ1) is 7.92. The third-order valence-electron chi connectivity index (χ3n) is 3.63. The third kappa shape index (κ3) is 2.75. The molecule has 1 aliphatic carbocycles. The second-order valence-corrected chi connectivity index (χ2v) is 4.75. The van der Waals surface area contributed by atoms with Crippen LogP contribution in [0.2, 0.25) is 0 Å². The van der Waals surface area contributed by atoms with E-state index in [0.29, 0.717) is 5.92 Å². The Bertz CT molecular complexity index is 334. The molecule has 0 heterocycles. The summed E-state index contributed by atoms with van der Waals surface area (Å²) in [5, 5.41) is 0. The molecule has 0 bridgehead atoms. The van der Waals surface area contributed by atoms with Gasteiger partial charge in [0.1, 0.15) is 0 Å². The van der Waals surface area contributed by atoms with Crippen molar-refractivity contribution in [3.05, 3.63) is 47.5 Å². The van der Waals surface area contributed by atoms with Crippen molar-refractivity contribution in [2.24, 2.45) is 0 Å². The molecule has 86 valence electrons. The highest BCUT2D eigenvalue weighted by atomic mass is 14.2. The van der Waals surface area contributed by atoms with Crippen LogP contribution in [0.15, 0.2) is 42.0 Å². The Morgan fingerprint density at radius 1 is 1.06 bits per heavy atom. The van der Waals surface area contributed by atoms with Crippen LogP contribution in [0.1, 0.15) is 56.9 Å². The van der Waals surface area contributed by atoms with E-state index < -0.39 is 0 Å². The standard InChI is InChI=1S/C16H22/c1-2-16(15-12-8-5-9-13-15)14-10-6-3-4-7-11-14/h5,8-10,12-13,16H,2-4,6-7,11H2,1H3. The first kappa shape index (κ1) is 11.4. The van der Waals surface area contributed by atoms with Gasteiger partial charge in [0.2, 0.25) is 0 Å². The fraction of sp³-hybridized carbons (Fsp3) is 0.500. The van der Waals surface area contributed by atoms with Gasteiger partial charge in [-0.2, -0.15) is 0 Å². The molecule has 1 aromatic carbocycles. The van der Waals surface area contributed by atoms with Crippen LogP contribution in [0, 0.1) is 0 Å². The molecule has 0 amide bonds. The average molecular weight is 214 g/mol. The van der Waals surface area contributed by atoms with Gasteiger partial charge in [0, 0.05) is 5.92 Å². The summed E-state index contributed by atoms with van der Waals surface area (Å²) in [5.41, 5.74) is 3.18. The number of hydrogen-bond acceptors (Lipinski definition) is 0. The van der Waals surface area contributed by atoms with Gasteiger partial charge in [0.05, 0.1) is 0 Å². The van der Waals surface area contributed by atoms with Crippen molar-refractivity contribution in [2.75, 3.05) is 0 Å². The molecule has 0 heteroatoms. The molecule has 1 aliphatic rings. The summed E-state index contributed by atoms with van der Waals surface area (Å²) < 4.78 is 0. The van der Waals surface area contributed by atoms with E-state index in [4.69, 9.17) is 0 Å². The highest BCUT2D eigenvalue weighted by molar-refractivity contribution is 5.29. The SMILES string of the molecule is CCC(C1=CCCCCC1)c1ccccc1. The van der Waals surface area contributed by atoms with Crippen molar-refractivity contribution in [3.8, 4) is 0 Å². The molecule has 0 nitrogen and oxygen atoms in total. The lowest BCUT2D eigenvalue weighted by molar-refractivity contribution is 0.670. The summed E-state index contributed by atoms with van der Waals surface area (Å²) in [5.74, 6) is 0.666. The molecule has 1 aromatic rings. The minimum atomic E-state index is 0.666. The molecule has 1 atom stereocenters. The summed E-state index contributed by atoms with van der Waals surface area (Å²) in [6.07, 6.45) is 10.5. The third-order valence-corrected chi connectivity index (χ3v) is 3.63. The Labute approximate surface area is 99.4 Å². The minimum absolute atomic E-state index is 0.666. The van der Waals surface area contributed by atoms with E-state index in [1.807, 2.05) is 0 Å². The lowest BCUT2D eigenvalue weighted by Crippen LogP contribution is -2.01. The van der Waals surface area contributed by atoms with E-state index in [9.17, 15) is 0 Å². The first-order valence-corrected chi connectivity index (χ1v) is 6.65. The predicted molar refractivity (Wildman–Crippen MR) is 70.6 cm³/mol. The van der Waals surface area contributed by atoms with E-state index in [-0.39, 0.29) is 0 Å². The van der Waals surface area contributed by atoms with Gasteiger partial charge in [-0.05, 0) is 37.7 Å². The van der Waals surface area contributed by atoms with E-state index in [1.165, 1.54) is 44.1 Å². The van der Waals surface area contributed by atoms with Crippen LogP contribution in [0.4, 0.5) is 0 Å². The van der Waals surface area contributed by atoms with Crippen LogP contribution in [0.3, 0.4) is 0 Å². The zero-order chi connectivity index (χ0) is 11.2. The van der Waals surface area contributed by atoms with Gasteiger partial charge in [0.15, 0.2) is 0 Å². The fourth-order valence-electron chi connectivity index (χ4n) is 2.75. The molecule has 1 unspecified atom stereocenters. The van der Waals surface area contributed by atoms with Gasteiger partial charge in [0.25, 0.3) is 0 Å². The van der Waals surface area contributed by atoms with Crippen LogP contribution < -0.4 is 0 Å². The van der Waals surface area contributed by atoms with E-state index >= 15 is 0 Å². The maximum atomic E-state index is 2.51. The van der Waals surface area contributed by atoms with Crippen LogP contribution in [0.5, 0.6) is 0 Å². The highest BCUT2D eigenvalue weighted by Gasteiger charge is 2.15. The Morgan fingerprint density at radius 3 is 2.62 bits per heavy atom. The van der Waals surface area contributed by atoms with Crippen LogP contribution in [-0.2, 0) is 0 Å². The predicted octanol–water partition coefficient (Wildman–Crippen LogP) is 5.07. The second-order valence-electron chi connectivity index (χ2n) is 4.75. The average Bonchev–Trinajstić information content (AvgIpc) is 2.61. The zero-order valence-electron chi connectivity index (χ0n) is 10.3. The maximum Gasteiger partial charge on any atom is 0.00455 e. The maximum absolute atomic E-state index is 2.51. The first-order valence-electron chi connectivity index (χ1n) is 6.65. The van der Waals surface area contributed by atoms with Crippen molar-refractivity contribution < 1.29 is 0 Å². The highest BCUT2D eigenvalue weighted by Crippen LogP contribution is 2.33. The van der Waals surface area contributed by atoms with Crippen molar-refractivity contribution in [1.29, 1.82) is 0 Å². The van der Waals surface area contributed by atoms with Crippen LogP contribution in [-0.4, -0.2) is 0 Å². The normalized spacial score (nSPS) is 18.7. The van der Waals surface area contributed by atoms with Gasteiger partial charge < -0.3 is 0 Å². The van der Waals surface area contributed by atoms with Crippen LogP contribution >= 0.6 is 0 Å². The molecule has 0 radical (unpaired) electrons. The molecular weight excluding hydrogens is 192 g/mol. The smallest absolute Gasteiger partial charge is 0.00455 e. The number of allylic oxidation sites excluding steroid dienone is 2. The quantitative estimate of drug-likeness (QED) is 0.616. The molecular formula is C16H22. The lowest BCUT2D eigenvalue weighted by Gasteiger charge is -2.19. The fourth-order valence-corrected chi connectivity index (χ4v) is 2.75.